The molecule has 0 bridgehead atoms. The van der Waals surface area contributed by atoms with Crippen molar-refractivity contribution in [3.63, 3.8) is 0 Å². The third kappa shape index (κ3) is 3.84. The van der Waals surface area contributed by atoms with E-state index >= 15 is 0 Å². The van der Waals surface area contributed by atoms with Crippen LogP contribution >= 0.6 is 0 Å². The number of nitrogens with zero attached hydrogens (tertiary/aromatic N) is 2. The first-order valence-corrected chi connectivity index (χ1v) is 6.32. The fourth-order valence-corrected chi connectivity index (χ4v) is 2.26. The van der Waals surface area contributed by atoms with Crippen molar-refractivity contribution < 1.29 is 9.32 Å². The van der Waals surface area contributed by atoms with Gasteiger partial charge in [-0.2, -0.15) is 4.98 Å². The molecule has 5 nitrogen and oxygen atoms in total. The maximum atomic E-state index is 11.8. The van der Waals surface area contributed by atoms with Crippen molar-refractivity contribution in [3.8, 4) is 0 Å². The number of rotatable bonds is 3. The Morgan fingerprint density at radius 2 is 2.06 bits per heavy atom. The second kappa shape index (κ2) is 5.80. The van der Waals surface area contributed by atoms with E-state index in [-0.39, 0.29) is 12.3 Å². The van der Waals surface area contributed by atoms with Crippen LogP contribution in [0, 0.1) is 6.92 Å². The number of carbonyl (C=O) groups is 1. The summed E-state index contributed by atoms with van der Waals surface area (Å²) in [5.74, 6) is 0.966. The molecule has 0 atom stereocenters. The van der Waals surface area contributed by atoms with Gasteiger partial charge in [0.25, 0.3) is 0 Å². The van der Waals surface area contributed by atoms with Crippen molar-refractivity contribution >= 4 is 5.91 Å². The van der Waals surface area contributed by atoms with Crippen LogP contribution in [0.2, 0.25) is 0 Å². The van der Waals surface area contributed by atoms with E-state index in [2.05, 4.69) is 15.5 Å². The smallest absolute Gasteiger partial charge is 0.228 e. The van der Waals surface area contributed by atoms with E-state index in [1.165, 1.54) is 25.7 Å². The molecule has 0 saturated heterocycles. The molecule has 1 aliphatic rings. The Hall–Kier alpha value is -1.39. The summed E-state index contributed by atoms with van der Waals surface area (Å²) in [6.45, 7) is 1.72. The topological polar surface area (TPSA) is 68.0 Å². The van der Waals surface area contributed by atoms with Crippen LogP contribution in [0.3, 0.4) is 0 Å². The molecule has 94 valence electrons. The molecule has 1 aliphatic carbocycles. The Kier molecular flexibility index (Phi) is 4.12. The summed E-state index contributed by atoms with van der Waals surface area (Å²) in [5.41, 5.74) is 0. The minimum atomic E-state index is -0.00213. The number of amides is 1. The summed E-state index contributed by atoms with van der Waals surface area (Å²) in [7, 11) is 0. The second-order valence-corrected chi connectivity index (χ2v) is 4.66. The average Bonchev–Trinajstić information content (AvgIpc) is 2.53. The van der Waals surface area contributed by atoms with Gasteiger partial charge in [0, 0.05) is 13.0 Å². The highest BCUT2D eigenvalue weighted by atomic mass is 16.5. The van der Waals surface area contributed by atoms with Gasteiger partial charge in [-0.1, -0.05) is 30.8 Å². The highest BCUT2D eigenvalue weighted by Gasteiger charge is 2.16. The van der Waals surface area contributed by atoms with Gasteiger partial charge < -0.3 is 9.84 Å². The van der Waals surface area contributed by atoms with Gasteiger partial charge in [0.1, 0.15) is 0 Å². The molecule has 0 aliphatic heterocycles. The first-order valence-electron chi connectivity index (χ1n) is 6.32. The van der Waals surface area contributed by atoms with E-state index in [4.69, 9.17) is 4.52 Å². The molecule has 0 unspecified atom stereocenters. The standard InChI is InChI=1S/C12H19N3O2/c1-9-13-11(15-17-9)8-12(16)14-10-6-4-2-3-5-7-10/h10H,2-8H2,1H3,(H,14,16). The maximum Gasteiger partial charge on any atom is 0.228 e. The van der Waals surface area contributed by atoms with Crippen molar-refractivity contribution in [2.45, 2.75) is 57.9 Å². The van der Waals surface area contributed by atoms with Crippen molar-refractivity contribution in [2.75, 3.05) is 0 Å². The van der Waals surface area contributed by atoms with Crippen LogP contribution in [-0.4, -0.2) is 22.1 Å². The van der Waals surface area contributed by atoms with Gasteiger partial charge in [-0.15, -0.1) is 0 Å². The third-order valence-electron chi connectivity index (χ3n) is 3.11. The summed E-state index contributed by atoms with van der Waals surface area (Å²) in [4.78, 5) is 15.8. The summed E-state index contributed by atoms with van der Waals surface area (Å²) >= 11 is 0. The Bertz CT molecular complexity index is 368. The molecule has 17 heavy (non-hydrogen) atoms. The Balaban J connectivity index is 1.80. The summed E-state index contributed by atoms with van der Waals surface area (Å²) in [6.07, 6.45) is 7.41. The Morgan fingerprint density at radius 3 is 2.65 bits per heavy atom. The zero-order chi connectivity index (χ0) is 12.1. The fraction of sp³-hybridized carbons (Fsp3) is 0.750. The van der Waals surface area contributed by atoms with Crippen molar-refractivity contribution in [1.82, 2.24) is 15.5 Å². The van der Waals surface area contributed by atoms with Gasteiger partial charge in [-0.25, -0.2) is 0 Å². The molecular weight excluding hydrogens is 218 g/mol. The lowest BCUT2D eigenvalue weighted by molar-refractivity contribution is -0.121. The van der Waals surface area contributed by atoms with E-state index in [0.29, 0.717) is 17.8 Å². The third-order valence-corrected chi connectivity index (χ3v) is 3.11. The summed E-state index contributed by atoms with van der Waals surface area (Å²) in [5, 5.41) is 6.78. The quantitative estimate of drug-likeness (QED) is 0.813. The van der Waals surface area contributed by atoms with Crippen molar-refractivity contribution in [2.24, 2.45) is 0 Å². The molecule has 1 aromatic rings. The molecule has 1 saturated carbocycles. The van der Waals surface area contributed by atoms with E-state index in [1.54, 1.807) is 6.92 Å². The lowest BCUT2D eigenvalue weighted by Crippen LogP contribution is -2.35. The maximum absolute atomic E-state index is 11.8. The first-order chi connectivity index (χ1) is 8.24. The molecule has 0 radical (unpaired) electrons. The number of aromatic nitrogens is 2. The molecule has 1 amide bonds. The molecule has 1 heterocycles. The van der Waals surface area contributed by atoms with Crippen LogP contribution in [0.25, 0.3) is 0 Å². The van der Waals surface area contributed by atoms with Gasteiger partial charge in [0.2, 0.25) is 11.8 Å². The van der Waals surface area contributed by atoms with Gasteiger partial charge in [-0.3, -0.25) is 4.79 Å². The predicted molar refractivity (Wildman–Crippen MR) is 62.4 cm³/mol. The minimum absolute atomic E-state index is 0.00213. The van der Waals surface area contributed by atoms with Crippen LogP contribution in [-0.2, 0) is 11.2 Å². The highest BCUT2D eigenvalue weighted by molar-refractivity contribution is 5.77. The Morgan fingerprint density at radius 1 is 1.35 bits per heavy atom. The zero-order valence-corrected chi connectivity index (χ0v) is 10.2. The normalized spacial score (nSPS) is 17.7. The number of nitrogens with one attached hydrogen (secondary N) is 1. The summed E-state index contributed by atoms with van der Waals surface area (Å²) in [6, 6.07) is 0.331. The van der Waals surface area contributed by atoms with Gasteiger partial charge >= 0.3 is 0 Å². The number of hydrogen-bond donors (Lipinski definition) is 1. The molecule has 0 spiro atoms. The average molecular weight is 237 g/mol. The van der Waals surface area contributed by atoms with Crippen LogP contribution in [0.5, 0.6) is 0 Å². The van der Waals surface area contributed by atoms with Gasteiger partial charge in [0.05, 0.1) is 6.42 Å². The second-order valence-electron chi connectivity index (χ2n) is 4.66. The van der Waals surface area contributed by atoms with Crippen LogP contribution < -0.4 is 5.32 Å². The zero-order valence-electron chi connectivity index (χ0n) is 10.2. The van der Waals surface area contributed by atoms with Gasteiger partial charge in [-0.05, 0) is 12.8 Å². The highest BCUT2D eigenvalue weighted by Crippen LogP contribution is 2.17. The molecular formula is C12H19N3O2. The number of carbonyl (C=O) groups excluding carboxylic acids is 1. The van der Waals surface area contributed by atoms with E-state index in [9.17, 15) is 4.79 Å². The number of hydrogen-bond acceptors (Lipinski definition) is 4. The van der Waals surface area contributed by atoms with Crippen LogP contribution in [0.4, 0.5) is 0 Å². The molecule has 1 N–H and O–H groups in total. The van der Waals surface area contributed by atoms with Crippen molar-refractivity contribution in [1.29, 1.82) is 0 Å². The largest absolute Gasteiger partial charge is 0.353 e. The van der Waals surface area contributed by atoms with Crippen LogP contribution in [0.1, 0.15) is 50.2 Å². The molecule has 1 fully saturated rings. The minimum Gasteiger partial charge on any atom is -0.353 e. The predicted octanol–water partition coefficient (Wildman–Crippen LogP) is 1.76. The fourth-order valence-electron chi connectivity index (χ4n) is 2.26. The molecule has 1 aromatic heterocycles. The van der Waals surface area contributed by atoms with Crippen molar-refractivity contribution in [3.05, 3.63) is 11.7 Å². The summed E-state index contributed by atoms with van der Waals surface area (Å²) < 4.78 is 4.83. The molecule has 5 heteroatoms. The lowest BCUT2D eigenvalue weighted by Gasteiger charge is -2.15. The SMILES string of the molecule is Cc1nc(CC(=O)NC2CCCCCC2)no1. The lowest BCUT2D eigenvalue weighted by atomic mass is 10.1. The van der Waals surface area contributed by atoms with Crippen LogP contribution in [0.15, 0.2) is 4.52 Å². The Labute approximate surface area is 101 Å². The molecule has 2 rings (SSSR count). The molecule has 0 aromatic carbocycles. The van der Waals surface area contributed by atoms with E-state index < -0.39 is 0 Å². The monoisotopic (exact) mass is 237 g/mol. The van der Waals surface area contributed by atoms with E-state index in [0.717, 1.165) is 12.8 Å². The van der Waals surface area contributed by atoms with E-state index in [1.807, 2.05) is 0 Å². The number of aryl methyl sites for hydroxylation is 1. The van der Waals surface area contributed by atoms with Gasteiger partial charge in [0.15, 0.2) is 5.82 Å². The first kappa shape index (κ1) is 12.1.